The van der Waals surface area contributed by atoms with Gasteiger partial charge in [-0.05, 0) is 31.6 Å². The smallest absolute Gasteiger partial charge is 0.138 e. The van der Waals surface area contributed by atoms with Crippen LogP contribution < -0.4 is 0 Å². The van der Waals surface area contributed by atoms with Crippen molar-refractivity contribution in [3.63, 3.8) is 0 Å². The second-order valence-corrected chi connectivity index (χ2v) is 4.33. The van der Waals surface area contributed by atoms with Gasteiger partial charge in [0.2, 0.25) is 0 Å². The average molecular weight is 168 g/mol. The first-order chi connectivity index (χ1) is 5.65. The van der Waals surface area contributed by atoms with Crippen LogP contribution in [-0.2, 0) is 4.79 Å². The van der Waals surface area contributed by atoms with E-state index in [1.54, 1.807) is 0 Å². The van der Waals surface area contributed by atoms with Gasteiger partial charge < -0.3 is 0 Å². The minimum absolute atomic E-state index is 0.292. The number of ketones is 1. The Morgan fingerprint density at radius 1 is 1.50 bits per heavy atom. The molecule has 0 saturated heterocycles. The van der Waals surface area contributed by atoms with Gasteiger partial charge in [0, 0.05) is 11.8 Å². The highest BCUT2D eigenvalue weighted by atomic mass is 16.1. The predicted octanol–water partition coefficient (Wildman–Crippen LogP) is 3.04. The summed E-state index contributed by atoms with van der Waals surface area (Å²) in [5, 5.41) is 0. The van der Waals surface area contributed by atoms with E-state index < -0.39 is 0 Å². The van der Waals surface area contributed by atoms with E-state index in [-0.39, 0.29) is 0 Å². The lowest BCUT2D eigenvalue weighted by Crippen LogP contribution is -2.18. The van der Waals surface area contributed by atoms with Gasteiger partial charge in [-0.15, -0.1) is 0 Å². The second-order valence-electron chi connectivity index (χ2n) is 4.33. The van der Waals surface area contributed by atoms with Gasteiger partial charge in [-0.1, -0.05) is 20.8 Å². The van der Waals surface area contributed by atoms with Gasteiger partial charge in [-0.3, -0.25) is 4.79 Å². The van der Waals surface area contributed by atoms with Crippen molar-refractivity contribution < 1.29 is 4.79 Å². The van der Waals surface area contributed by atoms with E-state index in [4.69, 9.17) is 0 Å². The minimum atomic E-state index is 0.292. The number of hydrogen-bond acceptors (Lipinski definition) is 1. The number of carbonyl (C=O) groups is 1. The fourth-order valence-electron chi connectivity index (χ4n) is 2.07. The van der Waals surface area contributed by atoms with E-state index in [1.807, 2.05) is 0 Å². The van der Waals surface area contributed by atoms with Crippen molar-refractivity contribution in [1.82, 2.24) is 0 Å². The summed E-state index contributed by atoms with van der Waals surface area (Å²) in [7, 11) is 0. The maximum Gasteiger partial charge on any atom is 0.138 e. The predicted molar refractivity (Wildman–Crippen MR) is 51.0 cm³/mol. The SMILES string of the molecule is CC[C@@H](C)C(=O)C1CCC(C)C1. The molecule has 0 spiro atoms. The van der Waals surface area contributed by atoms with Gasteiger partial charge in [0.05, 0.1) is 0 Å². The molecule has 0 aromatic carbocycles. The zero-order valence-corrected chi connectivity index (χ0v) is 8.47. The second kappa shape index (κ2) is 4.06. The van der Waals surface area contributed by atoms with E-state index in [9.17, 15) is 4.79 Å². The number of Topliss-reactive ketones (excluding diaryl/α,β-unsaturated/α-hetero) is 1. The molecule has 3 atom stereocenters. The molecule has 1 fully saturated rings. The highest BCUT2D eigenvalue weighted by molar-refractivity contribution is 5.83. The van der Waals surface area contributed by atoms with Crippen LogP contribution in [0.2, 0.25) is 0 Å². The summed E-state index contributed by atoms with van der Waals surface area (Å²) in [6.07, 6.45) is 4.55. The molecule has 0 aliphatic heterocycles. The van der Waals surface area contributed by atoms with Crippen LogP contribution in [0.1, 0.15) is 46.5 Å². The van der Waals surface area contributed by atoms with Gasteiger partial charge in [0.25, 0.3) is 0 Å². The normalized spacial score (nSPS) is 31.9. The molecule has 1 heteroatoms. The lowest BCUT2D eigenvalue weighted by molar-refractivity contribution is -0.126. The van der Waals surface area contributed by atoms with Crippen LogP contribution in [-0.4, -0.2) is 5.78 Å². The molecule has 0 radical (unpaired) electrons. The van der Waals surface area contributed by atoms with Crippen LogP contribution in [0.3, 0.4) is 0 Å². The third-order valence-electron chi connectivity index (χ3n) is 3.20. The van der Waals surface area contributed by atoms with E-state index in [0.29, 0.717) is 17.6 Å². The lowest BCUT2D eigenvalue weighted by atomic mass is 9.91. The van der Waals surface area contributed by atoms with E-state index in [2.05, 4.69) is 20.8 Å². The van der Waals surface area contributed by atoms with Crippen LogP contribution in [0.4, 0.5) is 0 Å². The van der Waals surface area contributed by atoms with Crippen molar-refractivity contribution in [3.05, 3.63) is 0 Å². The summed E-state index contributed by atoms with van der Waals surface area (Å²) >= 11 is 0. The van der Waals surface area contributed by atoms with Crippen LogP contribution in [0.5, 0.6) is 0 Å². The fourth-order valence-corrected chi connectivity index (χ4v) is 2.07. The average Bonchev–Trinajstić information content (AvgIpc) is 2.49. The molecule has 1 nitrogen and oxygen atoms in total. The Morgan fingerprint density at radius 3 is 2.58 bits per heavy atom. The maximum absolute atomic E-state index is 11.7. The first-order valence-electron chi connectivity index (χ1n) is 5.18. The molecule has 1 aliphatic rings. The summed E-state index contributed by atoms with van der Waals surface area (Å²) in [6.45, 7) is 6.41. The third kappa shape index (κ3) is 2.09. The minimum Gasteiger partial charge on any atom is -0.299 e. The Labute approximate surface area is 75.5 Å². The van der Waals surface area contributed by atoms with Gasteiger partial charge in [-0.2, -0.15) is 0 Å². The summed E-state index contributed by atoms with van der Waals surface area (Å²) in [6, 6.07) is 0. The van der Waals surface area contributed by atoms with Gasteiger partial charge in [0.1, 0.15) is 5.78 Å². The Kier molecular flexibility index (Phi) is 3.30. The van der Waals surface area contributed by atoms with Crippen LogP contribution in [0, 0.1) is 17.8 Å². The quantitative estimate of drug-likeness (QED) is 0.633. The fraction of sp³-hybridized carbons (Fsp3) is 0.909. The maximum atomic E-state index is 11.7. The molecule has 1 aliphatic carbocycles. The number of hydrogen-bond donors (Lipinski definition) is 0. The molecule has 0 bridgehead atoms. The van der Waals surface area contributed by atoms with Crippen molar-refractivity contribution in [2.75, 3.05) is 0 Å². The highest BCUT2D eigenvalue weighted by Gasteiger charge is 2.29. The molecule has 1 rings (SSSR count). The highest BCUT2D eigenvalue weighted by Crippen LogP contribution is 2.32. The topological polar surface area (TPSA) is 17.1 Å². The van der Waals surface area contributed by atoms with Crippen molar-refractivity contribution in [3.8, 4) is 0 Å². The molecule has 2 unspecified atom stereocenters. The van der Waals surface area contributed by atoms with Gasteiger partial charge >= 0.3 is 0 Å². The molecule has 0 N–H and O–H groups in total. The molecule has 0 aromatic rings. The Morgan fingerprint density at radius 2 is 2.17 bits per heavy atom. The Bertz CT molecular complexity index is 162. The van der Waals surface area contributed by atoms with E-state index in [0.717, 1.165) is 25.2 Å². The van der Waals surface area contributed by atoms with Crippen LogP contribution in [0.25, 0.3) is 0 Å². The van der Waals surface area contributed by atoms with E-state index >= 15 is 0 Å². The zero-order valence-electron chi connectivity index (χ0n) is 8.47. The lowest BCUT2D eigenvalue weighted by Gasteiger charge is -2.13. The number of rotatable bonds is 3. The first-order valence-corrected chi connectivity index (χ1v) is 5.18. The molecule has 0 heterocycles. The molecular weight excluding hydrogens is 148 g/mol. The van der Waals surface area contributed by atoms with Crippen molar-refractivity contribution in [1.29, 1.82) is 0 Å². The standard InChI is InChI=1S/C11H20O/c1-4-9(3)11(12)10-6-5-8(2)7-10/h8-10H,4-7H2,1-3H3/t8?,9-,10?/m1/s1. The number of carbonyl (C=O) groups excluding carboxylic acids is 1. The Balaban J connectivity index is 2.43. The van der Waals surface area contributed by atoms with Crippen molar-refractivity contribution >= 4 is 5.78 Å². The third-order valence-corrected chi connectivity index (χ3v) is 3.20. The molecule has 70 valence electrons. The summed E-state index contributed by atoms with van der Waals surface area (Å²) in [5.74, 6) is 1.99. The van der Waals surface area contributed by atoms with Gasteiger partial charge in [0.15, 0.2) is 0 Å². The van der Waals surface area contributed by atoms with Crippen molar-refractivity contribution in [2.24, 2.45) is 17.8 Å². The molecule has 1 saturated carbocycles. The van der Waals surface area contributed by atoms with Crippen LogP contribution >= 0.6 is 0 Å². The zero-order chi connectivity index (χ0) is 9.14. The monoisotopic (exact) mass is 168 g/mol. The largest absolute Gasteiger partial charge is 0.299 e. The summed E-state index contributed by atoms with van der Waals surface area (Å²) in [4.78, 5) is 11.7. The van der Waals surface area contributed by atoms with Crippen molar-refractivity contribution in [2.45, 2.75) is 46.5 Å². The molecule has 12 heavy (non-hydrogen) atoms. The summed E-state index contributed by atoms with van der Waals surface area (Å²) in [5.41, 5.74) is 0. The summed E-state index contributed by atoms with van der Waals surface area (Å²) < 4.78 is 0. The molecule has 0 amide bonds. The molecule has 0 aromatic heterocycles. The van der Waals surface area contributed by atoms with E-state index in [1.165, 1.54) is 6.42 Å². The van der Waals surface area contributed by atoms with Gasteiger partial charge in [-0.25, -0.2) is 0 Å². The van der Waals surface area contributed by atoms with Crippen LogP contribution in [0.15, 0.2) is 0 Å². The Hall–Kier alpha value is -0.330. The first kappa shape index (κ1) is 9.76. The molecular formula is C11H20O.